The summed E-state index contributed by atoms with van der Waals surface area (Å²) >= 11 is 0. The van der Waals surface area contributed by atoms with Crippen LogP contribution in [0.15, 0.2) is 71.6 Å². The van der Waals surface area contributed by atoms with Gasteiger partial charge in [-0.15, -0.1) is 0 Å². The Hall–Kier alpha value is -3.96. The van der Waals surface area contributed by atoms with Gasteiger partial charge in [-0.05, 0) is 93.6 Å². The predicted octanol–water partition coefficient (Wildman–Crippen LogP) is 5.06. The highest BCUT2D eigenvalue weighted by Gasteiger charge is 2.29. The van der Waals surface area contributed by atoms with Crippen LogP contribution in [-0.4, -0.2) is 76.7 Å². The number of carbonyl (C=O) groups excluding carboxylic acids is 1. The molecule has 1 unspecified atom stereocenters. The lowest BCUT2D eigenvalue weighted by molar-refractivity contribution is 0.00944. The van der Waals surface area contributed by atoms with Gasteiger partial charge in [-0.3, -0.25) is 4.31 Å². The number of benzene rings is 3. The van der Waals surface area contributed by atoms with E-state index in [-0.39, 0.29) is 18.0 Å². The fourth-order valence-corrected chi connectivity index (χ4v) is 6.54. The first-order valence-corrected chi connectivity index (χ1v) is 16.1. The van der Waals surface area contributed by atoms with Crippen LogP contribution < -0.4 is 18.5 Å². The van der Waals surface area contributed by atoms with Crippen LogP contribution >= 0.6 is 0 Å². The van der Waals surface area contributed by atoms with E-state index in [2.05, 4.69) is 0 Å². The Labute approximate surface area is 260 Å². The molecule has 1 N–H and O–H groups in total. The van der Waals surface area contributed by atoms with Crippen LogP contribution in [0.3, 0.4) is 0 Å². The van der Waals surface area contributed by atoms with Crippen LogP contribution in [0.2, 0.25) is 0 Å². The molecule has 0 spiro atoms. The van der Waals surface area contributed by atoms with E-state index in [1.807, 2.05) is 24.3 Å². The molecule has 0 radical (unpaired) electrons. The molecule has 0 fully saturated rings. The zero-order chi connectivity index (χ0) is 31.9. The van der Waals surface area contributed by atoms with Crippen molar-refractivity contribution in [3.63, 3.8) is 0 Å². The summed E-state index contributed by atoms with van der Waals surface area (Å²) < 4.78 is 50.3. The number of amides is 1. The van der Waals surface area contributed by atoms with E-state index >= 15 is 0 Å². The second-order valence-electron chi connectivity index (χ2n) is 11.6. The number of aliphatic hydroxyl groups is 1. The number of methoxy groups -OCH3 is 2. The largest absolute Gasteiger partial charge is 0.493 e. The Morgan fingerprint density at radius 2 is 1.73 bits per heavy atom. The normalized spacial score (nSPS) is 13.9. The SMILES string of the molecule is COc1ccc(CCN(CC(O)COc2ccc3c(c2)CCCN3S(=O)(=O)c2ccccc2)C(=O)OC(C)(C)C)cc1OC. The lowest BCUT2D eigenvalue weighted by Crippen LogP contribution is -2.43. The van der Waals surface area contributed by atoms with Crippen molar-refractivity contribution in [1.82, 2.24) is 4.90 Å². The number of rotatable bonds is 12. The summed E-state index contributed by atoms with van der Waals surface area (Å²) in [4.78, 5) is 14.8. The molecule has 11 heteroatoms. The van der Waals surface area contributed by atoms with Gasteiger partial charge < -0.3 is 29.0 Å². The third kappa shape index (κ3) is 8.35. The minimum Gasteiger partial charge on any atom is -0.493 e. The number of anilines is 1. The highest BCUT2D eigenvalue weighted by Crippen LogP contribution is 2.34. The minimum atomic E-state index is -3.69. The summed E-state index contributed by atoms with van der Waals surface area (Å²) in [5.74, 6) is 1.71. The summed E-state index contributed by atoms with van der Waals surface area (Å²) in [6.07, 6.45) is 0.346. The molecule has 3 aromatic rings. The average Bonchev–Trinajstić information content (AvgIpc) is 3.00. The minimum absolute atomic E-state index is 0.00373. The zero-order valence-corrected chi connectivity index (χ0v) is 26.8. The molecule has 44 heavy (non-hydrogen) atoms. The zero-order valence-electron chi connectivity index (χ0n) is 26.0. The summed E-state index contributed by atoms with van der Waals surface area (Å²) in [6, 6.07) is 19.2. The standard InChI is InChI=1S/C33H42N2O8S/c1-33(2,3)43-32(37)34(19-17-24-13-16-30(40-4)31(20-24)41-5)22-26(36)23-42-27-14-15-29-25(21-27)10-9-18-35(29)44(38,39)28-11-7-6-8-12-28/h6-8,11-16,20-21,26,36H,9-10,17-19,22-23H2,1-5H3. The number of hydrogen-bond acceptors (Lipinski definition) is 8. The molecule has 1 heterocycles. The number of hydrogen-bond donors (Lipinski definition) is 1. The summed E-state index contributed by atoms with van der Waals surface area (Å²) in [6.45, 7) is 5.99. The van der Waals surface area contributed by atoms with Gasteiger partial charge in [-0.1, -0.05) is 24.3 Å². The quantitative estimate of drug-likeness (QED) is 0.297. The molecule has 238 valence electrons. The fourth-order valence-electron chi connectivity index (χ4n) is 4.98. The van der Waals surface area contributed by atoms with Crippen molar-refractivity contribution in [1.29, 1.82) is 0 Å². The van der Waals surface area contributed by atoms with Gasteiger partial charge in [-0.25, -0.2) is 13.2 Å². The van der Waals surface area contributed by atoms with Gasteiger partial charge in [0, 0.05) is 13.1 Å². The van der Waals surface area contributed by atoms with Crippen LogP contribution in [0.5, 0.6) is 17.2 Å². The smallest absolute Gasteiger partial charge is 0.410 e. The van der Waals surface area contributed by atoms with E-state index in [0.29, 0.717) is 55.3 Å². The molecule has 1 atom stereocenters. The first-order chi connectivity index (χ1) is 20.9. The molecular weight excluding hydrogens is 584 g/mol. The molecule has 1 amide bonds. The molecular formula is C33H42N2O8S. The van der Waals surface area contributed by atoms with Gasteiger partial charge in [0.15, 0.2) is 11.5 Å². The topological polar surface area (TPSA) is 115 Å². The Morgan fingerprint density at radius 1 is 1.00 bits per heavy atom. The molecule has 4 rings (SSSR count). The van der Waals surface area contributed by atoms with Crippen molar-refractivity contribution in [3.05, 3.63) is 77.9 Å². The molecule has 0 aliphatic carbocycles. The lowest BCUT2D eigenvalue weighted by atomic mass is 10.0. The molecule has 0 aromatic heterocycles. The van der Waals surface area contributed by atoms with Crippen molar-refractivity contribution < 1.29 is 37.3 Å². The number of nitrogens with zero attached hydrogens (tertiary/aromatic N) is 2. The highest BCUT2D eigenvalue weighted by molar-refractivity contribution is 7.92. The van der Waals surface area contributed by atoms with Crippen molar-refractivity contribution in [3.8, 4) is 17.2 Å². The van der Waals surface area contributed by atoms with Gasteiger partial charge in [0.1, 0.15) is 24.1 Å². The average molecular weight is 627 g/mol. The number of aliphatic hydroxyl groups excluding tert-OH is 1. The van der Waals surface area contributed by atoms with Crippen molar-refractivity contribution in [2.75, 3.05) is 44.8 Å². The van der Waals surface area contributed by atoms with Gasteiger partial charge in [0.05, 0.1) is 31.3 Å². The van der Waals surface area contributed by atoms with Crippen LogP contribution in [0.25, 0.3) is 0 Å². The first kappa shape index (κ1) is 32.9. The first-order valence-electron chi connectivity index (χ1n) is 14.6. The van der Waals surface area contributed by atoms with E-state index in [0.717, 1.165) is 11.1 Å². The third-order valence-electron chi connectivity index (χ3n) is 7.10. The van der Waals surface area contributed by atoms with Gasteiger partial charge in [0.25, 0.3) is 10.0 Å². The molecule has 3 aromatic carbocycles. The Kier molecular flexibility index (Phi) is 10.6. The maximum atomic E-state index is 13.3. The van der Waals surface area contributed by atoms with E-state index in [1.54, 1.807) is 77.5 Å². The summed E-state index contributed by atoms with van der Waals surface area (Å²) in [5, 5.41) is 10.9. The van der Waals surface area contributed by atoms with Crippen LogP contribution in [0.4, 0.5) is 10.5 Å². The van der Waals surface area contributed by atoms with E-state index in [4.69, 9.17) is 18.9 Å². The van der Waals surface area contributed by atoms with Crippen molar-refractivity contribution >= 4 is 21.8 Å². The number of carbonyl (C=O) groups is 1. The molecule has 1 aliphatic rings. The van der Waals surface area contributed by atoms with Crippen molar-refractivity contribution in [2.24, 2.45) is 0 Å². The second-order valence-corrected chi connectivity index (χ2v) is 13.5. The highest BCUT2D eigenvalue weighted by atomic mass is 32.2. The van der Waals surface area contributed by atoms with Crippen LogP contribution in [0.1, 0.15) is 38.3 Å². The maximum absolute atomic E-state index is 13.3. The Bertz CT molecular complexity index is 1520. The monoisotopic (exact) mass is 626 g/mol. The number of ether oxygens (including phenoxy) is 4. The molecule has 0 saturated carbocycles. The van der Waals surface area contributed by atoms with Crippen molar-refractivity contribution in [2.45, 2.75) is 56.6 Å². The van der Waals surface area contributed by atoms with Gasteiger partial charge in [0.2, 0.25) is 0 Å². The fraction of sp³-hybridized carbons (Fsp3) is 0.424. The lowest BCUT2D eigenvalue weighted by Gasteiger charge is -2.31. The van der Waals surface area contributed by atoms with E-state index in [1.165, 1.54) is 9.21 Å². The van der Waals surface area contributed by atoms with E-state index in [9.17, 15) is 18.3 Å². The number of aryl methyl sites for hydroxylation is 1. The maximum Gasteiger partial charge on any atom is 0.410 e. The van der Waals surface area contributed by atoms with Crippen LogP contribution in [0, 0.1) is 0 Å². The van der Waals surface area contributed by atoms with Gasteiger partial charge in [-0.2, -0.15) is 0 Å². The molecule has 1 aliphatic heterocycles. The summed E-state index contributed by atoms with van der Waals surface area (Å²) in [5.41, 5.74) is 1.71. The molecule has 0 saturated heterocycles. The third-order valence-corrected chi connectivity index (χ3v) is 8.93. The second kappa shape index (κ2) is 14.2. The molecule has 0 bridgehead atoms. The Morgan fingerprint density at radius 3 is 2.41 bits per heavy atom. The molecule has 10 nitrogen and oxygen atoms in total. The van der Waals surface area contributed by atoms with E-state index < -0.39 is 27.8 Å². The Balaban J connectivity index is 1.41. The van der Waals surface area contributed by atoms with Crippen LogP contribution in [-0.2, 0) is 27.6 Å². The van der Waals surface area contributed by atoms with Gasteiger partial charge >= 0.3 is 6.09 Å². The summed E-state index contributed by atoms with van der Waals surface area (Å²) in [7, 11) is -0.556. The number of sulfonamides is 1. The predicted molar refractivity (Wildman–Crippen MR) is 168 cm³/mol. The number of fused-ring (bicyclic) bond motifs is 1.